The Labute approximate surface area is 243 Å². The summed E-state index contributed by atoms with van der Waals surface area (Å²) in [7, 11) is 1.77. The molecule has 3 heterocycles. The average Bonchev–Trinajstić information content (AvgIpc) is 3.60. The van der Waals surface area contributed by atoms with Gasteiger partial charge in [0, 0.05) is 31.4 Å². The smallest absolute Gasteiger partial charge is 0.270 e. The molecule has 0 saturated carbocycles. The Balaban J connectivity index is 0. The molecule has 2 amide bonds. The van der Waals surface area contributed by atoms with Gasteiger partial charge in [-0.2, -0.15) is 5.10 Å². The van der Waals surface area contributed by atoms with E-state index in [-0.39, 0.29) is 23.8 Å². The summed E-state index contributed by atoms with van der Waals surface area (Å²) >= 11 is 0. The van der Waals surface area contributed by atoms with Crippen molar-refractivity contribution in [1.82, 2.24) is 30.4 Å². The number of carbonyl (C=O) groups excluding carboxylic acids is 2. The van der Waals surface area contributed by atoms with E-state index in [1.165, 1.54) is 12.8 Å². The number of aromatic nitrogens is 4. The van der Waals surface area contributed by atoms with Crippen molar-refractivity contribution in [2.24, 2.45) is 18.9 Å². The molecular formula is C31H55N7O2. The van der Waals surface area contributed by atoms with Crippen molar-refractivity contribution in [3.05, 3.63) is 35.7 Å². The summed E-state index contributed by atoms with van der Waals surface area (Å²) in [6, 6.07) is 1.67. The maximum Gasteiger partial charge on any atom is 0.270 e. The molecule has 3 atom stereocenters. The fraction of sp³-hybridized carbons (Fsp3) is 0.645. The first-order chi connectivity index (χ1) is 19.2. The molecule has 0 bridgehead atoms. The third-order valence-electron chi connectivity index (χ3n) is 6.30. The van der Waals surface area contributed by atoms with E-state index in [2.05, 4.69) is 52.4 Å². The SMILES string of the molecule is C#C.CC.CC.CC(=N)CC1CCCNC1=O.CCC(C)CCCC(NC(=O)c1ccnn1C)c1cnc(C)[nH]1. The molecule has 3 rings (SSSR count). The number of terminal acetylenes is 1. The van der Waals surface area contributed by atoms with E-state index < -0.39 is 0 Å². The van der Waals surface area contributed by atoms with E-state index in [0.29, 0.717) is 23.7 Å². The van der Waals surface area contributed by atoms with Crippen molar-refractivity contribution < 1.29 is 9.59 Å². The molecule has 0 aliphatic carbocycles. The molecule has 1 aliphatic heterocycles. The number of aromatic amines is 1. The second-order valence-electron chi connectivity index (χ2n) is 9.35. The summed E-state index contributed by atoms with van der Waals surface area (Å²) in [5, 5.41) is 17.2. The number of imidazole rings is 1. The molecule has 4 N–H and O–H groups in total. The first-order valence-corrected chi connectivity index (χ1v) is 14.7. The fourth-order valence-corrected chi connectivity index (χ4v) is 4.03. The Bertz CT molecular complexity index is 977. The Morgan fingerprint density at radius 2 is 1.90 bits per heavy atom. The predicted octanol–water partition coefficient (Wildman–Crippen LogP) is 6.38. The van der Waals surface area contributed by atoms with Crippen molar-refractivity contribution in [3.8, 4) is 12.8 Å². The van der Waals surface area contributed by atoms with Gasteiger partial charge in [-0.05, 0) is 51.5 Å². The van der Waals surface area contributed by atoms with Crippen LogP contribution in [-0.4, -0.2) is 43.8 Å². The van der Waals surface area contributed by atoms with Crippen LogP contribution in [0, 0.1) is 37.0 Å². The van der Waals surface area contributed by atoms with Crippen molar-refractivity contribution in [2.45, 2.75) is 106 Å². The zero-order chi connectivity index (χ0) is 31.1. The number of nitrogens with zero attached hydrogens (tertiary/aromatic N) is 3. The standard InChI is InChI=1S/C17H27N5O.C8H14N2O.2C2H6.C2H2/c1-5-12(2)7-6-8-14(15-11-18-13(3)20-15)21-17(23)16-9-10-19-22(16)4;1-6(9)5-7-3-2-4-10-8(7)11;3*1-2/h9-12,14H,5-8H2,1-4H3,(H,18,20)(H,21,23);7,9H,2-5H2,1H3,(H,10,11);2*1-2H3;1-2H. The molecule has 1 saturated heterocycles. The minimum atomic E-state index is -0.106. The second-order valence-corrected chi connectivity index (χ2v) is 9.35. The van der Waals surface area contributed by atoms with Gasteiger partial charge in [0.05, 0.1) is 17.9 Å². The summed E-state index contributed by atoms with van der Waals surface area (Å²) in [5.74, 6) is 1.67. The van der Waals surface area contributed by atoms with Crippen molar-refractivity contribution in [3.63, 3.8) is 0 Å². The third kappa shape index (κ3) is 15.2. The lowest BCUT2D eigenvalue weighted by molar-refractivity contribution is -0.126. The molecule has 40 heavy (non-hydrogen) atoms. The lowest BCUT2D eigenvalue weighted by atomic mass is 9.93. The number of H-pyrrole nitrogens is 1. The van der Waals surface area contributed by atoms with Crippen molar-refractivity contribution >= 4 is 17.5 Å². The highest BCUT2D eigenvalue weighted by molar-refractivity contribution is 5.92. The van der Waals surface area contributed by atoms with E-state index in [4.69, 9.17) is 5.41 Å². The van der Waals surface area contributed by atoms with Gasteiger partial charge >= 0.3 is 0 Å². The van der Waals surface area contributed by atoms with Crippen LogP contribution in [0.25, 0.3) is 0 Å². The largest absolute Gasteiger partial charge is 0.356 e. The molecule has 0 spiro atoms. The van der Waals surface area contributed by atoms with Gasteiger partial charge < -0.3 is 21.0 Å². The molecule has 226 valence electrons. The molecule has 1 aliphatic rings. The summed E-state index contributed by atoms with van der Waals surface area (Å²) in [4.78, 5) is 31.1. The van der Waals surface area contributed by atoms with E-state index in [1.807, 2.05) is 40.8 Å². The van der Waals surface area contributed by atoms with Crippen LogP contribution in [0.15, 0.2) is 18.5 Å². The number of carbonyl (C=O) groups is 2. The number of piperidine rings is 1. The summed E-state index contributed by atoms with van der Waals surface area (Å²) in [5.41, 5.74) is 2.13. The molecule has 2 aromatic heterocycles. The molecule has 0 aromatic carbocycles. The normalized spacial score (nSPS) is 15.0. The highest BCUT2D eigenvalue weighted by atomic mass is 16.2. The van der Waals surface area contributed by atoms with Crippen LogP contribution in [0.1, 0.15) is 121 Å². The van der Waals surface area contributed by atoms with Gasteiger partial charge in [-0.25, -0.2) is 4.98 Å². The molecule has 9 heteroatoms. The number of nitrogens with one attached hydrogen (secondary N) is 4. The fourth-order valence-electron chi connectivity index (χ4n) is 4.03. The van der Waals surface area contributed by atoms with Gasteiger partial charge in [0.1, 0.15) is 11.5 Å². The number of hydrogen-bond donors (Lipinski definition) is 4. The maximum atomic E-state index is 12.5. The van der Waals surface area contributed by atoms with E-state index >= 15 is 0 Å². The summed E-state index contributed by atoms with van der Waals surface area (Å²) in [6.45, 7) is 17.0. The topological polar surface area (TPSA) is 129 Å². The zero-order valence-electron chi connectivity index (χ0n) is 26.4. The van der Waals surface area contributed by atoms with Gasteiger partial charge in [0.25, 0.3) is 5.91 Å². The number of aryl methyl sites for hydroxylation is 2. The Kier molecular flexibility index (Phi) is 22.7. The highest BCUT2D eigenvalue weighted by Gasteiger charge is 2.22. The molecule has 1 fully saturated rings. The van der Waals surface area contributed by atoms with Crippen LogP contribution < -0.4 is 10.6 Å². The highest BCUT2D eigenvalue weighted by Crippen LogP contribution is 2.21. The van der Waals surface area contributed by atoms with Crippen LogP contribution >= 0.6 is 0 Å². The lowest BCUT2D eigenvalue weighted by Gasteiger charge is -2.20. The quantitative estimate of drug-likeness (QED) is 0.199. The lowest BCUT2D eigenvalue weighted by Crippen LogP contribution is -2.37. The Morgan fingerprint density at radius 3 is 2.38 bits per heavy atom. The second kappa shape index (κ2) is 23.5. The van der Waals surface area contributed by atoms with Gasteiger partial charge in [0.15, 0.2) is 0 Å². The first-order valence-electron chi connectivity index (χ1n) is 14.7. The molecule has 0 radical (unpaired) electrons. The van der Waals surface area contributed by atoms with Crippen LogP contribution in [-0.2, 0) is 11.8 Å². The van der Waals surface area contributed by atoms with Crippen molar-refractivity contribution in [2.75, 3.05) is 6.54 Å². The molecule has 2 aromatic rings. The van der Waals surface area contributed by atoms with E-state index in [1.54, 1.807) is 30.9 Å². The van der Waals surface area contributed by atoms with Gasteiger partial charge in [0.2, 0.25) is 5.91 Å². The summed E-state index contributed by atoms with van der Waals surface area (Å²) in [6.07, 6.45) is 18.4. The first kappa shape index (κ1) is 38.7. The number of amides is 2. The summed E-state index contributed by atoms with van der Waals surface area (Å²) < 4.78 is 1.59. The van der Waals surface area contributed by atoms with E-state index in [0.717, 1.165) is 43.7 Å². The number of hydrogen-bond acceptors (Lipinski definition) is 5. The Morgan fingerprint density at radius 1 is 1.25 bits per heavy atom. The van der Waals surface area contributed by atoms with Crippen LogP contribution in [0.4, 0.5) is 0 Å². The van der Waals surface area contributed by atoms with Crippen LogP contribution in [0.5, 0.6) is 0 Å². The average molecular weight is 558 g/mol. The maximum absolute atomic E-state index is 12.5. The van der Waals surface area contributed by atoms with Gasteiger partial charge in [-0.15, -0.1) is 12.8 Å². The Hall–Kier alpha value is -3.41. The molecule has 3 unspecified atom stereocenters. The minimum absolute atomic E-state index is 0.0531. The third-order valence-corrected chi connectivity index (χ3v) is 6.30. The minimum Gasteiger partial charge on any atom is -0.356 e. The van der Waals surface area contributed by atoms with Gasteiger partial charge in [-0.1, -0.05) is 60.8 Å². The monoisotopic (exact) mass is 557 g/mol. The molecular weight excluding hydrogens is 502 g/mol. The zero-order valence-corrected chi connectivity index (χ0v) is 26.4. The molecule has 9 nitrogen and oxygen atoms in total. The van der Waals surface area contributed by atoms with Crippen molar-refractivity contribution in [1.29, 1.82) is 5.41 Å². The predicted molar refractivity (Wildman–Crippen MR) is 166 cm³/mol. The van der Waals surface area contributed by atoms with Crippen LogP contribution in [0.2, 0.25) is 0 Å². The number of rotatable bonds is 10. The van der Waals surface area contributed by atoms with E-state index in [9.17, 15) is 9.59 Å². The van der Waals surface area contributed by atoms with Crippen LogP contribution in [0.3, 0.4) is 0 Å². The van der Waals surface area contributed by atoms with Gasteiger partial charge in [-0.3, -0.25) is 14.3 Å².